The SMILES string of the molecule is C=C1CC(C)C2C(=C)C(=O)OC2C2C(=C)C(=O)CC12. The second-order valence-electron chi connectivity index (χ2n) is 6.05. The molecular weight excluding hydrogens is 240 g/mol. The van der Waals surface area contributed by atoms with Gasteiger partial charge in [0.1, 0.15) is 6.10 Å². The van der Waals surface area contributed by atoms with E-state index in [1.807, 2.05) is 0 Å². The van der Waals surface area contributed by atoms with Crippen LogP contribution in [0.3, 0.4) is 0 Å². The Morgan fingerprint density at radius 2 is 1.74 bits per heavy atom. The lowest BCUT2D eigenvalue weighted by molar-refractivity contribution is -0.141. The second-order valence-corrected chi connectivity index (χ2v) is 6.05. The van der Waals surface area contributed by atoms with Gasteiger partial charge < -0.3 is 4.74 Å². The minimum absolute atomic E-state index is 0.0121. The summed E-state index contributed by atoms with van der Waals surface area (Å²) in [5, 5.41) is 0. The Bertz CT molecular complexity index is 528. The van der Waals surface area contributed by atoms with Crippen molar-refractivity contribution in [2.24, 2.45) is 23.7 Å². The van der Waals surface area contributed by atoms with E-state index in [0.717, 1.165) is 12.0 Å². The first-order valence-corrected chi connectivity index (χ1v) is 6.71. The van der Waals surface area contributed by atoms with E-state index in [1.165, 1.54) is 0 Å². The average molecular weight is 258 g/mol. The Morgan fingerprint density at radius 1 is 1.05 bits per heavy atom. The van der Waals surface area contributed by atoms with Gasteiger partial charge in [0.15, 0.2) is 5.78 Å². The van der Waals surface area contributed by atoms with Crippen LogP contribution in [0.2, 0.25) is 0 Å². The fourth-order valence-corrected chi connectivity index (χ4v) is 3.97. The molecule has 1 saturated heterocycles. The van der Waals surface area contributed by atoms with Crippen molar-refractivity contribution >= 4 is 11.8 Å². The third kappa shape index (κ3) is 1.57. The highest BCUT2D eigenvalue weighted by Gasteiger charge is 2.54. The summed E-state index contributed by atoms with van der Waals surface area (Å²) in [6.45, 7) is 14.0. The van der Waals surface area contributed by atoms with E-state index in [9.17, 15) is 9.59 Å². The van der Waals surface area contributed by atoms with Crippen molar-refractivity contribution in [2.75, 3.05) is 0 Å². The molecule has 1 aliphatic heterocycles. The lowest BCUT2D eigenvalue weighted by Crippen LogP contribution is -2.31. The lowest BCUT2D eigenvalue weighted by Gasteiger charge is -2.26. The summed E-state index contributed by atoms with van der Waals surface area (Å²) in [7, 11) is 0. The summed E-state index contributed by atoms with van der Waals surface area (Å²) in [6, 6.07) is 0. The van der Waals surface area contributed by atoms with Crippen molar-refractivity contribution in [3.05, 3.63) is 36.5 Å². The van der Waals surface area contributed by atoms with Gasteiger partial charge in [-0.1, -0.05) is 32.2 Å². The molecule has 2 saturated carbocycles. The van der Waals surface area contributed by atoms with E-state index in [0.29, 0.717) is 17.6 Å². The zero-order chi connectivity index (χ0) is 13.9. The Hall–Kier alpha value is -1.64. The molecule has 3 heteroatoms. The third-order valence-electron chi connectivity index (χ3n) is 4.94. The first kappa shape index (κ1) is 12.4. The lowest BCUT2D eigenvalue weighted by atomic mass is 9.79. The van der Waals surface area contributed by atoms with Crippen LogP contribution in [0.25, 0.3) is 0 Å². The monoisotopic (exact) mass is 258 g/mol. The van der Waals surface area contributed by atoms with E-state index < -0.39 is 0 Å². The molecule has 2 aliphatic carbocycles. The quantitative estimate of drug-likeness (QED) is 0.381. The van der Waals surface area contributed by atoms with Crippen LogP contribution in [0.1, 0.15) is 19.8 Å². The van der Waals surface area contributed by atoms with Crippen LogP contribution in [0.4, 0.5) is 0 Å². The van der Waals surface area contributed by atoms with Crippen LogP contribution in [-0.2, 0) is 14.3 Å². The van der Waals surface area contributed by atoms with E-state index in [4.69, 9.17) is 4.74 Å². The van der Waals surface area contributed by atoms with Gasteiger partial charge >= 0.3 is 5.97 Å². The van der Waals surface area contributed by atoms with Gasteiger partial charge in [-0.3, -0.25) is 4.79 Å². The van der Waals surface area contributed by atoms with Gasteiger partial charge in [0, 0.05) is 23.8 Å². The standard InChI is InChI=1S/C16H18O3/c1-7-5-8(2)13-10(4)16(18)19-15(13)14-9(3)12(17)6-11(7)14/h8,11,13-15H,1,3-6H2,2H3. The maximum Gasteiger partial charge on any atom is 0.334 e. The molecule has 3 rings (SSSR count). The molecule has 3 aliphatic rings. The molecule has 3 fully saturated rings. The number of fused-ring (bicyclic) bond motifs is 3. The highest BCUT2D eigenvalue weighted by molar-refractivity contribution is 5.99. The fourth-order valence-electron chi connectivity index (χ4n) is 3.97. The number of allylic oxidation sites excluding steroid dienone is 1. The minimum atomic E-state index is -0.319. The smallest absolute Gasteiger partial charge is 0.334 e. The summed E-state index contributed by atoms with van der Waals surface area (Å²) in [5.74, 6) is -0.000530. The Balaban J connectivity index is 2.08. The molecule has 100 valence electrons. The maximum atomic E-state index is 11.9. The molecular formula is C16H18O3. The molecule has 0 bridgehead atoms. The highest BCUT2D eigenvalue weighted by atomic mass is 16.6. The third-order valence-corrected chi connectivity index (χ3v) is 4.94. The molecule has 1 heterocycles. The zero-order valence-corrected chi connectivity index (χ0v) is 11.1. The van der Waals surface area contributed by atoms with Gasteiger partial charge in [0.05, 0.1) is 0 Å². The highest BCUT2D eigenvalue weighted by Crippen LogP contribution is 2.52. The minimum Gasteiger partial charge on any atom is -0.458 e. The van der Waals surface area contributed by atoms with Crippen LogP contribution < -0.4 is 0 Å². The maximum absolute atomic E-state index is 11.9. The molecule has 0 aromatic rings. The predicted molar refractivity (Wildman–Crippen MR) is 71.2 cm³/mol. The van der Waals surface area contributed by atoms with Gasteiger partial charge in [-0.25, -0.2) is 4.79 Å². The number of carbonyl (C=O) groups excluding carboxylic acids is 2. The van der Waals surface area contributed by atoms with Gasteiger partial charge in [-0.05, 0) is 23.8 Å². The van der Waals surface area contributed by atoms with Crippen molar-refractivity contribution in [1.29, 1.82) is 0 Å². The first-order valence-electron chi connectivity index (χ1n) is 6.71. The molecule has 0 spiro atoms. The van der Waals surface area contributed by atoms with Gasteiger partial charge in [0.2, 0.25) is 0 Å². The number of esters is 1. The number of ether oxygens (including phenoxy) is 1. The van der Waals surface area contributed by atoms with E-state index in [1.54, 1.807) is 0 Å². The Labute approximate surface area is 113 Å². The first-order chi connectivity index (χ1) is 8.91. The van der Waals surface area contributed by atoms with E-state index in [-0.39, 0.29) is 41.5 Å². The number of carbonyl (C=O) groups is 2. The zero-order valence-electron chi connectivity index (χ0n) is 11.1. The normalized spacial score (nSPS) is 41.9. The molecule has 5 unspecified atom stereocenters. The average Bonchev–Trinajstić information content (AvgIpc) is 2.75. The van der Waals surface area contributed by atoms with E-state index >= 15 is 0 Å². The van der Waals surface area contributed by atoms with E-state index in [2.05, 4.69) is 26.7 Å². The van der Waals surface area contributed by atoms with Crippen molar-refractivity contribution in [1.82, 2.24) is 0 Å². The Morgan fingerprint density at radius 3 is 2.42 bits per heavy atom. The largest absolute Gasteiger partial charge is 0.458 e. The van der Waals surface area contributed by atoms with Crippen LogP contribution >= 0.6 is 0 Å². The molecule has 19 heavy (non-hydrogen) atoms. The summed E-state index contributed by atoms with van der Waals surface area (Å²) in [4.78, 5) is 23.7. The van der Waals surface area contributed by atoms with Crippen LogP contribution in [0.5, 0.6) is 0 Å². The summed E-state index contributed by atoms with van der Waals surface area (Å²) in [6.07, 6.45) is 0.999. The van der Waals surface area contributed by atoms with Crippen molar-refractivity contribution in [3.63, 3.8) is 0 Å². The molecule has 0 aromatic carbocycles. The van der Waals surface area contributed by atoms with Crippen molar-refractivity contribution < 1.29 is 14.3 Å². The van der Waals surface area contributed by atoms with Crippen LogP contribution in [0.15, 0.2) is 36.5 Å². The molecule has 0 N–H and O–H groups in total. The molecule has 0 amide bonds. The molecule has 5 atom stereocenters. The van der Waals surface area contributed by atoms with Gasteiger partial charge in [0.25, 0.3) is 0 Å². The van der Waals surface area contributed by atoms with Crippen molar-refractivity contribution in [3.8, 4) is 0 Å². The number of hydrogen-bond acceptors (Lipinski definition) is 3. The fraction of sp³-hybridized carbons (Fsp3) is 0.500. The molecule has 3 nitrogen and oxygen atoms in total. The predicted octanol–water partition coefficient (Wildman–Crippen LogP) is 2.44. The topological polar surface area (TPSA) is 43.4 Å². The summed E-state index contributed by atoms with van der Waals surface area (Å²) >= 11 is 0. The van der Waals surface area contributed by atoms with Crippen LogP contribution in [0, 0.1) is 23.7 Å². The molecule has 0 aromatic heterocycles. The number of rotatable bonds is 0. The number of ketones is 1. The van der Waals surface area contributed by atoms with Crippen molar-refractivity contribution in [2.45, 2.75) is 25.9 Å². The van der Waals surface area contributed by atoms with Crippen LogP contribution in [-0.4, -0.2) is 17.9 Å². The van der Waals surface area contributed by atoms with Gasteiger partial charge in [-0.2, -0.15) is 0 Å². The van der Waals surface area contributed by atoms with Gasteiger partial charge in [-0.15, -0.1) is 0 Å². The molecule has 0 radical (unpaired) electrons. The Kier molecular flexibility index (Phi) is 2.56. The number of hydrogen-bond donors (Lipinski definition) is 0. The second kappa shape index (κ2) is 3.92. The summed E-state index contributed by atoms with van der Waals surface area (Å²) in [5.41, 5.74) is 2.22. The summed E-state index contributed by atoms with van der Waals surface area (Å²) < 4.78 is 5.52. The number of Topliss-reactive ketones (excluding diaryl/α,β-unsaturated/α-hetero) is 1.